The number of rotatable bonds is 3. The lowest BCUT2D eigenvalue weighted by molar-refractivity contribution is -0.143. The van der Waals surface area contributed by atoms with Crippen LogP contribution in [0.3, 0.4) is 0 Å². The number of benzene rings is 1. The molecular formula is C15H12ClNO4S. The van der Waals surface area contributed by atoms with Crippen LogP contribution >= 0.6 is 22.9 Å². The minimum atomic E-state index is -0.647. The Morgan fingerprint density at radius 1 is 1.32 bits per heavy atom. The average molecular weight is 338 g/mol. The van der Waals surface area contributed by atoms with Crippen molar-refractivity contribution in [3.63, 3.8) is 0 Å². The zero-order valence-electron chi connectivity index (χ0n) is 11.5. The summed E-state index contributed by atoms with van der Waals surface area (Å²) in [5, 5.41) is 1.11. The largest absolute Gasteiger partial charge is 0.451 e. The van der Waals surface area contributed by atoms with Crippen molar-refractivity contribution in [1.82, 2.24) is 4.90 Å². The molecule has 2 amide bonds. The Morgan fingerprint density at radius 2 is 2.09 bits per heavy atom. The maximum Gasteiger partial charge on any atom is 0.350 e. The molecule has 3 rings (SSSR count). The molecule has 1 aromatic heterocycles. The second kappa shape index (κ2) is 6.06. The van der Waals surface area contributed by atoms with Gasteiger partial charge in [-0.05, 0) is 12.5 Å². The van der Waals surface area contributed by atoms with E-state index in [1.54, 1.807) is 0 Å². The molecule has 2 aromatic rings. The monoisotopic (exact) mass is 337 g/mol. The number of thiophene rings is 1. The van der Waals surface area contributed by atoms with E-state index in [1.165, 1.54) is 11.3 Å². The van der Waals surface area contributed by atoms with E-state index in [0.717, 1.165) is 15.0 Å². The Kier molecular flexibility index (Phi) is 4.13. The maximum atomic E-state index is 12.1. The quantitative estimate of drug-likeness (QED) is 0.808. The Bertz CT molecular complexity index is 770. The fourth-order valence-corrected chi connectivity index (χ4v) is 3.73. The molecule has 7 heteroatoms. The van der Waals surface area contributed by atoms with E-state index in [4.69, 9.17) is 16.3 Å². The van der Waals surface area contributed by atoms with Crippen LogP contribution in [0.4, 0.5) is 0 Å². The summed E-state index contributed by atoms with van der Waals surface area (Å²) in [6, 6.07) is 7.36. The van der Waals surface area contributed by atoms with Crippen LogP contribution in [-0.2, 0) is 14.3 Å². The summed E-state index contributed by atoms with van der Waals surface area (Å²) in [5.41, 5.74) is 0. The summed E-state index contributed by atoms with van der Waals surface area (Å²) in [6.45, 7) is -0.0615. The van der Waals surface area contributed by atoms with Gasteiger partial charge in [0, 0.05) is 23.1 Å². The van der Waals surface area contributed by atoms with E-state index in [0.29, 0.717) is 24.4 Å². The first-order chi connectivity index (χ1) is 10.6. The first-order valence-electron chi connectivity index (χ1n) is 6.75. The molecule has 0 unspecified atom stereocenters. The van der Waals surface area contributed by atoms with E-state index in [1.807, 2.05) is 24.3 Å². The Labute approximate surface area is 135 Å². The van der Waals surface area contributed by atoms with Gasteiger partial charge in [-0.1, -0.05) is 29.8 Å². The number of amides is 2. The summed E-state index contributed by atoms with van der Waals surface area (Å²) >= 11 is 7.40. The number of esters is 1. The van der Waals surface area contributed by atoms with Crippen molar-refractivity contribution in [1.29, 1.82) is 0 Å². The van der Waals surface area contributed by atoms with Crippen molar-refractivity contribution >= 4 is 50.8 Å². The van der Waals surface area contributed by atoms with E-state index in [9.17, 15) is 14.4 Å². The van der Waals surface area contributed by atoms with E-state index in [-0.39, 0.29) is 10.8 Å². The van der Waals surface area contributed by atoms with Gasteiger partial charge in [-0.3, -0.25) is 14.5 Å². The highest BCUT2D eigenvalue weighted by molar-refractivity contribution is 7.21. The Balaban J connectivity index is 1.70. The molecule has 0 spiro atoms. The molecule has 0 N–H and O–H groups in total. The summed E-state index contributed by atoms with van der Waals surface area (Å²) in [7, 11) is 0. The number of likely N-dealkylation sites (tertiary alicyclic amines) is 1. The molecule has 0 atom stereocenters. The van der Waals surface area contributed by atoms with Crippen molar-refractivity contribution in [2.24, 2.45) is 0 Å². The molecule has 1 aliphatic heterocycles. The molecule has 0 bridgehead atoms. The summed E-state index contributed by atoms with van der Waals surface area (Å²) in [5.74, 6) is -1.36. The minimum Gasteiger partial charge on any atom is -0.451 e. The fourth-order valence-electron chi connectivity index (χ4n) is 2.33. The van der Waals surface area contributed by atoms with Crippen molar-refractivity contribution in [2.75, 3.05) is 13.2 Å². The van der Waals surface area contributed by atoms with Crippen LogP contribution in [0.5, 0.6) is 0 Å². The molecule has 1 fully saturated rings. The highest BCUT2D eigenvalue weighted by Crippen LogP contribution is 2.35. The number of carbonyl (C=O) groups excluding carboxylic acids is 3. The van der Waals surface area contributed by atoms with E-state index < -0.39 is 18.5 Å². The van der Waals surface area contributed by atoms with E-state index in [2.05, 4.69) is 0 Å². The van der Waals surface area contributed by atoms with Gasteiger partial charge in [-0.2, -0.15) is 0 Å². The first-order valence-corrected chi connectivity index (χ1v) is 7.94. The predicted octanol–water partition coefficient (Wildman–Crippen LogP) is 2.86. The number of halogens is 1. The highest BCUT2D eigenvalue weighted by atomic mass is 35.5. The molecule has 22 heavy (non-hydrogen) atoms. The summed E-state index contributed by atoms with van der Waals surface area (Å²) in [4.78, 5) is 36.8. The second-order valence-corrected chi connectivity index (χ2v) is 6.29. The van der Waals surface area contributed by atoms with Crippen LogP contribution in [0.25, 0.3) is 10.1 Å². The van der Waals surface area contributed by atoms with Crippen molar-refractivity contribution < 1.29 is 19.1 Å². The van der Waals surface area contributed by atoms with Gasteiger partial charge in [0.05, 0.1) is 5.02 Å². The number of ether oxygens (including phenoxy) is 1. The Morgan fingerprint density at radius 3 is 2.77 bits per heavy atom. The van der Waals surface area contributed by atoms with Gasteiger partial charge in [-0.25, -0.2) is 4.79 Å². The molecule has 0 saturated carbocycles. The molecule has 0 aliphatic carbocycles. The minimum absolute atomic E-state index is 0.221. The fraction of sp³-hybridized carbons (Fsp3) is 0.267. The molecule has 1 aromatic carbocycles. The van der Waals surface area contributed by atoms with Crippen molar-refractivity contribution in [3.8, 4) is 0 Å². The first kappa shape index (κ1) is 15.0. The lowest BCUT2D eigenvalue weighted by Crippen LogP contribution is -2.35. The predicted molar refractivity (Wildman–Crippen MR) is 83.1 cm³/mol. The van der Waals surface area contributed by atoms with Gasteiger partial charge in [0.1, 0.15) is 4.88 Å². The molecular weight excluding hydrogens is 326 g/mol. The average Bonchev–Trinajstić information content (AvgIpc) is 3.09. The van der Waals surface area contributed by atoms with Crippen LogP contribution in [-0.4, -0.2) is 35.8 Å². The number of nitrogens with zero attached hydrogens (tertiary/aromatic N) is 1. The van der Waals surface area contributed by atoms with E-state index >= 15 is 0 Å². The number of hydrogen-bond acceptors (Lipinski definition) is 5. The molecule has 5 nitrogen and oxygen atoms in total. The third-order valence-electron chi connectivity index (χ3n) is 3.42. The second-order valence-electron chi connectivity index (χ2n) is 4.86. The molecule has 2 heterocycles. The molecule has 1 aliphatic rings. The maximum absolute atomic E-state index is 12.1. The van der Waals surface area contributed by atoms with Crippen molar-refractivity contribution in [2.45, 2.75) is 12.8 Å². The number of hydrogen-bond donors (Lipinski definition) is 0. The van der Waals surface area contributed by atoms with Gasteiger partial charge >= 0.3 is 5.97 Å². The molecule has 114 valence electrons. The normalized spacial score (nSPS) is 14.6. The van der Waals surface area contributed by atoms with Crippen molar-refractivity contribution in [3.05, 3.63) is 34.2 Å². The Hall–Kier alpha value is -1.92. The van der Waals surface area contributed by atoms with Gasteiger partial charge < -0.3 is 4.74 Å². The van der Waals surface area contributed by atoms with Gasteiger partial charge in [0.25, 0.3) is 5.91 Å². The number of fused-ring (bicyclic) bond motifs is 1. The summed E-state index contributed by atoms with van der Waals surface area (Å²) in [6.07, 6.45) is 1.02. The van der Waals surface area contributed by atoms with Crippen LogP contribution in [0, 0.1) is 0 Å². The zero-order valence-corrected chi connectivity index (χ0v) is 13.1. The summed E-state index contributed by atoms with van der Waals surface area (Å²) < 4.78 is 5.88. The lowest BCUT2D eigenvalue weighted by Gasteiger charge is -2.13. The van der Waals surface area contributed by atoms with Crippen LogP contribution < -0.4 is 0 Å². The topological polar surface area (TPSA) is 63.7 Å². The van der Waals surface area contributed by atoms with Gasteiger partial charge in [0.2, 0.25) is 5.91 Å². The highest BCUT2D eigenvalue weighted by Gasteiger charge is 2.27. The standard InChI is InChI=1S/C15H12ClNO4S/c16-13-9-4-1-2-5-10(9)22-14(13)15(20)21-8-12(19)17-7-3-6-11(17)18/h1-2,4-5H,3,6-8H2. The number of carbonyl (C=O) groups is 3. The third-order valence-corrected chi connectivity index (χ3v) is 5.08. The smallest absolute Gasteiger partial charge is 0.350 e. The molecule has 1 saturated heterocycles. The van der Waals surface area contributed by atoms with Gasteiger partial charge in [-0.15, -0.1) is 11.3 Å². The van der Waals surface area contributed by atoms with Crippen LogP contribution in [0.2, 0.25) is 5.02 Å². The number of imide groups is 1. The zero-order chi connectivity index (χ0) is 15.7. The lowest BCUT2D eigenvalue weighted by atomic mass is 10.2. The van der Waals surface area contributed by atoms with Crippen LogP contribution in [0.15, 0.2) is 24.3 Å². The van der Waals surface area contributed by atoms with Crippen LogP contribution in [0.1, 0.15) is 22.5 Å². The third kappa shape index (κ3) is 2.71. The SMILES string of the molecule is O=C(OCC(=O)N1CCCC1=O)c1sc2ccccc2c1Cl. The van der Waals surface area contributed by atoms with Gasteiger partial charge in [0.15, 0.2) is 6.61 Å². The molecule has 0 radical (unpaired) electrons.